The Morgan fingerprint density at radius 3 is 2.74 bits per heavy atom. The predicted octanol–water partition coefficient (Wildman–Crippen LogP) is 4.32. The molecule has 1 N–H and O–H groups in total. The van der Waals surface area contributed by atoms with Crippen molar-refractivity contribution in [2.75, 3.05) is 26.7 Å². The summed E-state index contributed by atoms with van der Waals surface area (Å²) in [5, 5.41) is 3.76. The molecule has 0 saturated carbocycles. The zero-order valence-electron chi connectivity index (χ0n) is 15.5. The molecule has 0 spiro atoms. The van der Waals surface area contributed by atoms with Gasteiger partial charge < -0.3 is 10.1 Å². The van der Waals surface area contributed by atoms with Crippen LogP contribution in [0.5, 0.6) is 5.75 Å². The van der Waals surface area contributed by atoms with Crippen molar-refractivity contribution in [2.45, 2.75) is 18.9 Å². The first-order valence-electron chi connectivity index (χ1n) is 9.25. The molecule has 1 saturated heterocycles. The summed E-state index contributed by atoms with van der Waals surface area (Å²) in [6, 6.07) is 15.7. The minimum Gasteiger partial charge on any atom is -0.497 e. The Balaban J connectivity index is 1.64. The van der Waals surface area contributed by atoms with Crippen LogP contribution in [-0.4, -0.2) is 37.6 Å². The molecule has 1 aliphatic heterocycles. The van der Waals surface area contributed by atoms with Crippen LogP contribution in [0.1, 0.15) is 30.0 Å². The smallest absolute Gasteiger partial charge is 0.244 e. The second-order valence-electron chi connectivity index (χ2n) is 6.67. The normalized spacial score (nSPS) is 15.8. The maximum Gasteiger partial charge on any atom is 0.244 e. The number of hydrogen-bond donors (Lipinski definition) is 1. The molecule has 0 radical (unpaired) electrons. The van der Waals surface area contributed by atoms with Gasteiger partial charge in [-0.05, 0) is 67.4 Å². The van der Waals surface area contributed by atoms with Crippen LogP contribution in [0, 0.1) is 0 Å². The molecule has 0 aromatic heterocycles. The summed E-state index contributed by atoms with van der Waals surface area (Å²) in [7, 11) is 1.63. The van der Waals surface area contributed by atoms with E-state index >= 15 is 0 Å². The molecular formula is C22H25ClN2O2. The zero-order valence-corrected chi connectivity index (χ0v) is 16.3. The van der Waals surface area contributed by atoms with Crippen LogP contribution < -0.4 is 10.1 Å². The van der Waals surface area contributed by atoms with Gasteiger partial charge >= 0.3 is 0 Å². The fourth-order valence-electron chi connectivity index (χ4n) is 3.40. The van der Waals surface area contributed by atoms with E-state index in [0.29, 0.717) is 6.54 Å². The number of nitrogens with one attached hydrogen (secondary N) is 1. The summed E-state index contributed by atoms with van der Waals surface area (Å²) in [6.45, 7) is 2.65. The highest BCUT2D eigenvalue weighted by Gasteiger charge is 2.23. The second-order valence-corrected chi connectivity index (χ2v) is 7.11. The largest absolute Gasteiger partial charge is 0.497 e. The highest BCUT2D eigenvalue weighted by atomic mass is 35.5. The van der Waals surface area contributed by atoms with Gasteiger partial charge in [0.25, 0.3) is 0 Å². The topological polar surface area (TPSA) is 41.6 Å². The Labute approximate surface area is 165 Å². The number of methoxy groups -OCH3 is 1. The average Bonchev–Trinajstić information content (AvgIpc) is 3.21. The van der Waals surface area contributed by atoms with Gasteiger partial charge in [-0.1, -0.05) is 35.9 Å². The molecule has 1 fully saturated rings. The molecule has 1 aliphatic rings. The molecule has 142 valence electrons. The number of carbonyl (C=O) groups excluding carboxylic acids is 1. The molecule has 1 unspecified atom stereocenters. The molecule has 0 aliphatic carbocycles. The van der Waals surface area contributed by atoms with Crippen LogP contribution in [-0.2, 0) is 4.79 Å². The van der Waals surface area contributed by atoms with E-state index in [1.807, 2.05) is 42.5 Å². The Hall–Kier alpha value is -2.30. The highest BCUT2D eigenvalue weighted by Crippen LogP contribution is 2.26. The first-order valence-corrected chi connectivity index (χ1v) is 9.63. The minimum atomic E-state index is -0.107. The third-order valence-corrected chi connectivity index (χ3v) is 5.04. The molecule has 1 amide bonds. The van der Waals surface area contributed by atoms with E-state index < -0.39 is 0 Å². The number of hydrogen-bond acceptors (Lipinski definition) is 3. The molecule has 27 heavy (non-hydrogen) atoms. The lowest BCUT2D eigenvalue weighted by Crippen LogP contribution is -2.36. The van der Waals surface area contributed by atoms with Crippen LogP contribution in [0.4, 0.5) is 0 Å². The number of likely N-dealkylation sites (tertiary alicyclic amines) is 1. The number of ether oxygens (including phenoxy) is 1. The van der Waals surface area contributed by atoms with Crippen molar-refractivity contribution >= 4 is 23.6 Å². The first kappa shape index (κ1) is 19.5. The Bertz CT molecular complexity index is 800. The van der Waals surface area contributed by atoms with Gasteiger partial charge in [0.15, 0.2) is 0 Å². The van der Waals surface area contributed by atoms with Gasteiger partial charge in [-0.25, -0.2) is 0 Å². The number of carbonyl (C=O) groups is 1. The maximum atomic E-state index is 12.3. The van der Waals surface area contributed by atoms with Crippen molar-refractivity contribution in [1.82, 2.24) is 10.2 Å². The fourth-order valence-corrected chi connectivity index (χ4v) is 3.60. The van der Waals surface area contributed by atoms with E-state index in [-0.39, 0.29) is 11.9 Å². The third-order valence-electron chi connectivity index (χ3n) is 4.81. The summed E-state index contributed by atoms with van der Waals surface area (Å²) in [6.07, 6.45) is 5.75. The van der Waals surface area contributed by atoms with Crippen LogP contribution in [0.15, 0.2) is 54.6 Å². The lowest BCUT2D eigenvalue weighted by atomic mass is 10.1. The molecule has 1 atom stereocenters. The van der Waals surface area contributed by atoms with Crippen molar-refractivity contribution in [3.8, 4) is 5.75 Å². The van der Waals surface area contributed by atoms with Crippen LogP contribution >= 0.6 is 11.6 Å². The van der Waals surface area contributed by atoms with Gasteiger partial charge in [0.05, 0.1) is 13.2 Å². The van der Waals surface area contributed by atoms with Crippen molar-refractivity contribution in [2.24, 2.45) is 0 Å². The van der Waals surface area contributed by atoms with E-state index in [1.54, 1.807) is 19.3 Å². The molecule has 5 heteroatoms. The van der Waals surface area contributed by atoms with E-state index in [0.717, 1.165) is 35.0 Å². The van der Waals surface area contributed by atoms with Crippen molar-refractivity contribution in [3.63, 3.8) is 0 Å². The fraction of sp³-hybridized carbons (Fsp3) is 0.318. The molecule has 0 bridgehead atoms. The molecule has 1 heterocycles. The van der Waals surface area contributed by atoms with Gasteiger partial charge in [-0.15, -0.1) is 0 Å². The standard InChI is InChI=1S/C22H25ClN2O2/c1-27-20-9-4-6-17(14-20)10-11-22(26)24-16-21(25-12-2-3-13-25)18-7-5-8-19(23)15-18/h4-11,14-15,21H,2-3,12-13,16H2,1H3,(H,24,26). The van der Waals surface area contributed by atoms with Gasteiger partial charge in [-0.3, -0.25) is 9.69 Å². The quantitative estimate of drug-likeness (QED) is 0.723. The zero-order chi connectivity index (χ0) is 19.1. The summed E-state index contributed by atoms with van der Waals surface area (Å²) in [4.78, 5) is 14.7. The summed E-state index contributed by atoms with van der Waals surface area (Å²) < 4.78 is 5.21. The van der Waals surface area contributed by atoms with Gasteiger partial charge in [0.2, 0.25) is 5.91 Å². The Morgan fingerprint density at radius 1 is 1.22 bits per heavy atom. The van der Waals surface area contributed by atoms with Crippen LogP contribution in [0.3, 0.4) is 0 Å². The van der Waals surface area contributed by atoms with Gasteiger partial charge in [0.1, 0.15) is 5.75 Å². The van der Waals surface area contributed by atoms with Crippen molar-refractivity contribution in [1.29, 1.82) is 0 Å². The Morgan fingerprint density at radius 2 is 2.00 bits per heavy atom. The minimum absolute atomic E-state index is 0.107. The van der Waals surface area contributed by atoms with Crippen LogP contribution in [0.25, 0.3) is 6.08 Å². The maximum absolute atomic E-state index is 12.3. The molecule has 3 rings (SSSR count). The highest BCUT2D eigenvalue weighted by molar-refractivity contribution is 6.30. The second kappa shape index (κ2) is 9.58. The molecule has 2 aromatic carbocycles. The Kier molecular flexibility index (Phi) is 6.91. The summed E-state index contributed by atoms with van der Waals surface area (Å²) in [5.41, 5.74) is 2.07. The number of rotatable bonds is 7. The summed E-state index contributed by atoms with van der Waals surface area (Å²) in [5.74, 6) is 0.664. The molecular weight excluding hydrogens is 360 g/mol. The van der Waals surface area contributed by atoms with Crippen molar-refractivity contribution < 1.29 is 9.53 Å². The number of amides is 1. The van der Waals surface area contributed by atoms with E-state index in [9.17, 15) is 4.79 Å². The summed E-state index contributed by atoms with van der Waals surface area (Å²) >= 11 is 6.17. The van der Waals surface area contributed by atoms with Gasteiger partial charge in [-0.2, -0.15) is 0 Å². The van der Waals surface area contributed by atoms with Gasteiger partial charge in [0, 0.05) is 17.6 Å². The lowest BCUT2D eigenvalue weighted by molar-refractivity contribution is -0.116. The monoisotopic (exact) mass is 384 g/mol. The number of nitrogens with zero attached hydrogens (tertiary/aromatic N) is 1. The number of benzene rings is 2. The predicted molar refractivity (Wildman–Crippen MR) is 110 cm³/mol. The van der Waals surface area contributed by atoms with Crippen LogP contribution in [0.2, 0.25) is 5.02 Å². The third kappa shape index (κ3) is 5.59. The van der Waals surface area contributed by atoms with E-state index in [1.165, 1.54) is 12.8 Å². The first-order chi connectivity index (χ1) is 13.2. The SMILES string of the molecule is COc1cccc(C=CC(=O)NCC(c2cccc(Cl)c2)N2CCCC2)c1. The molecule has 4 nitrogen and oxygen atoms in total. The number of halogens is 1. The molecule has 2 aromatic rings. The van der Waals surface area contributed by atoms with E-state index in [2.05, 4.69) is 16.3 Å². The van der Waals surface area contributed by atoms with E-state index in [4.69, 9.17) is 16.3 Å². The lowest BCUT2D eigenvalue weighted by Gasteiger charge is -2.28. The average molecular weight is 385 g/mol. The van der Waals surface area contributed by atoms with Crippen molar-refractivity contribution in [3.05, 3.63) is 70.8 Å².